The lowest BCUT2D eigenvalue weighted by molar-refractivity contribution is 0.632. The Morgan fingerprint density at radius 3 is 2.85 bits per heavy atom. The summed E-state index contributed by atoms with van der Waals surface area (Å²) in [7, 11) is 1.78. The van der Waals surface area contributed by atoms with E-state index in [4.69, 9.17) is 11.6 Å². The predicted molar refractivity (Wildman–Crippen MR) is 122 cm³/mol. The molecule has 0 aliphatic heterocycles. The first kappa shape index (κ1) is 23.0. The van der Waals surface area contributed by atoms with E-state index in [1.54, 1.807) is 25.1 Å². The van der Waals surface area contributed by atoms with Crippen molar-refractivity contribution in [3.63, 3.8) is 0 Å². The third kappa shape index (κ3) is 6.96. The van der Waals surface area contributed by atoms with E-state index in [9.17, 15) is 0 Å². The first-order valence-corrected chi connectivity index (χ1v) is 9.94. The van der Waals surface area contributed by atoms with Crippen LogP contribution in [-0.4, -0.2) is 47.1 Å². The summed E-state index contributed by atoms with van der Waals surface area (Å²) in [6.07, 6.45) is 4.74. The molecule has 144 valence electrons. The standard InChI is InChI=1S/C17H25ClN6S.HI/c1-4-16-23-22-12-24(16)9-8-20-17(19-2)21-11-15(25-3)13-6-5-7-14(18)10-13;/h5-7,10,12,15H,4,8-9,11H2,1-3H3,(H2,19,20,21);1H. The van der Waals surface area contributed by atoms with Gasteiger partial charge in [-0.2, -0.15) is 11.8 Å². The van der Waals surface area contributed by atoms with Gasteiger partial charge in [-0.3, -0.25) is 4.99 Å². The smallest absolute Gasteiger partial charge is 0.191 e. The molecule has 6 nitrogen and oxygen atoms in total. The Hall–Kier alpha value is -1.000. The molecule has 9 heteroatoms. The van der Waals surface area contributed by atoms with Gasteiger partial charge < -0.3 is 15.2 Å². The molecule has 2 N–H and O–H groups in total. The molecule has 0 aliphatic rings. The predicted octanol–water partition coefficient (Wildman–Crippen LogP) is 3.38. The SMILES string of the molecule is CCc1nncn1CCNC(=NC)NCC(SC)c1cccc(Cl)c1.I. The molecule has 0 spiro atoms. The number of hydrogen-bond acceptors (Lipinski definition) is 4. The molecular formula is C17H26ClIN6S. The lowest BCUT2D eigenvalue weighted by atomic mass is 10.1. The monoisotopic (exact) mass is 508 g/mol. The average Bonchev–Trinajstić information content (AvgIpc) is 3.08. The second-order valence-corrected chi connectivity index (χ2v) is 6.93. The number of aliphatic imine (C=N–C) groups is 1. The van der Waals surface area contributed by atoms with Crippen LogP contribution in [0.3, 0.4) is 0 Å². The first-order chi connectivity index (χ1) is 12.2. The van der Waals surface area contributed by atoms with Crippen molar-refractivity contribution in [1.29, 1.82) is 0 Å². The highest BCUT2D eigenvalue weighted by Crippen LogP contribution is 2.27. The summed E-state index contributed by atoms with van der Waals surface area (Å²) >= 11 is 7.89. The van der Waals surface area contributed by atoms with Crippen LogP contribution in [0.4, 0.5) is 0 Å². The van der Waals surface area contributed by atoms with Crippen LogP contribution in [-0.2, 0) is 13.0 Å². The van der Waals surface area contributed by atoms with Crippen molar-refractivity contribution >= 4 is 53.3 Å². The van der Waals surface area contributed by atoms with Crippen LogP contribution in [0, 0.1) is 0 Å². The van der Waals surface area contributed by atoms with Crippen molar-refractivity contribution in [2.24, 2.45) is 4.99 Å². The van der Waals surface area contributed by atoms with E-state index in [1.807, 2.05) is 18.2 Å². The fourth-order valence-electron chi connectivity index (χ4n) is 2.49. The van der Waals surface area contributed by atoms with Gasteiger partial charge in [0.15, 0.2) is 5.96 Å². The molecule has 0 saturated heterocycles. The topological polar surface area (TPSA) is 67.1 Å². The Kier molecular flexibility index (Phi) is 11.0. The Balaban J connectivity index is 0.00000338. The van der Waals surface area contributed by atoms with Crippen LogP contribution in [0.25, 0.3) is 0 Å². The molecule has 0 amide bonds. The van der Waals surface area contributed by atoms with Crippen LogP contribution < -0.4 is 10.6 Å². The minimum absolute atomic E-state index is 0. The fraction of sp³-hybridized carbons (Fsp3) is 0.471. The Morgan fingerprint density at radius 2 is 2.19 bits per heavy atom. The van der Waals surface area contributed by atoms with Gasteiger partial charge in [-0.1, -0.05) is 30.7 Å². The molecule has 1 heterocycles. The minimum Gasteiger partial charge on any atom is -0.355 e. The number of guanidine groups is 1. The highest BCUT2D eigenvalue weighted by atomic mass is 127. The normalized spacial score (nSPS) is 12.4. The van der Waals surface area contributed by atoms with E-state index in [0.717, 1.165) is 42.9 Å². The number of rotatable bonds is 8. The van der Waals surface area contributed by atoms with Crippen molar-refractivity contribution in [2.75, 3.05) is 26.4 Å². The van der Waals surface area contributed by atoms with Crippen molar-refractivity contribution in [3.05, 3.63) is 47.0 Å². The molecule has 0 aliphatic carbocycles. The van der Waals surface area contributed by atoms with Gasteiger partial charge in [0.05, 0.1) is 0 Å². The molecule has 1 aromatic heterocycles. The van der Waals surface area contributed by atoms with Crippen molar-refractivity contribution in [2.45, 2.75) is 25.1 Å². The second kappa shape index (κ2) is 12.4. The molecule has 1 unspecified atom stereocenters. The maximum Gasteiger partial charge on any atom is 0.191 e. The molecule has 2 aromatic rings. The Bertz CT molecular complexity index is 693. The molecule has 0 fully saturated rings. The van der Waals surface area contributed by atoms with Gasteiger partial charge in [0, 0.05) is 43.4 Å². The third-order valence-corrected chi connectivity index (χ3v) is 5.08. The van der Waals surface area contributed by atoms with Gasteiger partial charge in [0.25, 0.3) is 0 Å². The van der Waals surface area contributed by atoms with Crippen molar-refractivity contribution < 1.29 is 0 Å². The van der Waals surface area contributed by atoms with E-state index in [0.29, 0.717) is 5.25 Å². The minimum atomic E-state index is 0. The van der Waals surface area contributed by atoms with E-state index >= 15 is 0 Å². The van der Waals surface area contributed by atoms with Gasteiger partial charge in [-0.15, -0.1) is 34.2 Å². The zero-order valence-corrected chi connectivity index (χ0v) is 19.2. The number of aryl methyl sites for hydroxylation is 1. The number of nitrogens with zero attached hydrogens (tertiary/aromatic N) is 4. The maximum absolute atomic E-state index is 6.10. The summed E-state index contributed by atoms with van der Waals surface area (Å²) in [5.74, 6) is 1.78. The molecule has 1 aromatic carbocycles. The number of benzene rings is 1. The second-order valence-electron chi connectivity index (χ2n) is 5.45. The summed E-state index contributed by atoms with van der Waals surface area (Å²) in [5.41, 5.74) is 1.21. The van der Waals surface area contributed by atoms with Crippen LogP contribution in [0.15, 0.2) is 35.6 Å². The molecule has 26 heavy (non-hydrogen) atoms. The lowest BCUT2D eigenvalue weighted by Gasteiger charge is -2.18. The molecular weight excluding hydrogens is 483 g/mol. The van der Waals surface area contributed by atoms with Gasteiger partial charge >= 0.3 is 0 Å². The zero-order chi connectivity index (χ0) is 18.1. The number of hydrogen-bond donors (Lipinski definition) is 2. The van der Waals surface area contributed by atoms with Crippen LogP contribution in [0.1, 0.15) is 23.6 Å². The number of halogens is 2. The van der Waals surface area contributed by atoms with Gasteiger partial charge in [-0.05, 0) is 24.0 Å². The number of aromatic nitrogens is 3. The Labute approximate surface area is 181 Å². The van der Waals surface area contributed by atoms with E-state index < -0.39 is 0 Å². The maximum atomic E-state index is 6.10. The highest BCUT2D eigenvalue weighted by molar-refractivity contribution is 14.0. The van der Waals surface area contributed by atoms with Crippen LogP contribution in [0.5, 0.6) is 0 Å². The summed E-state index contributed by atoms with van der Waals surface area (Å²) in [6.45, 7) is 4.41. The van der Waals surface area contributed by atoms with E-state index in [1.165, 1.54) is 5.56 Å². The molecule has 2 rings (SSSR count). The lowest BCUT2D eigenvalue weighted by Crippen LogP contribution is -2.40. The summed E-state index contributed by atoms with van der Waals surface area (Å²) < 4.78 is 2.05. The Morgan fingerprint density at radius 1 is 1.38 bits per heavy atom. The zero-order valence-electron chi connectivity index (χ0n) is 15.3. The number of nitrogens with one attached hydrogen (secondary N) is 2. The van der Waals surface area contributed by atoms with Gasteiger partial charge in [-0.25, -0.2) is 0 Å². The quantitative estimate of drug-likeness (QED) is 0.325. The highest BCUT2D eigenvalue weighted by Gasteiger charge is 2.11. The number of thioether (sulfide) groups is 1. The summed E-state index contributed by atoms with van der Waals surface area (Å²) in [6, 6.07) is 7.99. The molecule has 0 saturated carbocycles. The third-order valence-electron chi connectivity index (χ3n) is 3.84. The van der Waals surface area contributed by atoms with Crippen molar-refractivity contribution in [1.82, 2.24) is 25.4 Å². The average molecular weight is 509 g/mol. The van der Waals surface area contributed by atoms with E-state index in [-0.39, 0.29) is 24.0 Å². The molecule has 0 radical (unpaired) electrons. The van der Waals surface area contributed by atoms with E-state index in [2.05, 4.69) is 49.6 Å². The van der Waals surface area contributed by atoms with Gasteiger partial charge in [0.1, 0.15) is 12.2 Å². The fourth-order valence-corrected chi connectivity index (χ4v) is 3.36. The largest absolute Gasteiger partial charge is 0.355 e. The van der Waals surface area contributed by atoms with Gasteiger partial charge in [0.2, 0.25) is 0 Å². The summed E-state index contributed by atoms with van der Waals surface area (Å²) in [5, 5.41) is 15.8. The molecule has 0 bridgehead atoms. The summed E-state index contributed by atoms with van der Waals surface area (Å²) in [4.78, 5) is 4.29. The van der Waals surface area contributed by atoms with Crippen LogP contribution in [0.2, 0.25) is 5.02 Å². The van der Waals surface area contributed by atoms with Crippen molar-refractivity contribution in [3.8, 4) is 0 Å². The van der Waals surface area contributed by atoms with Crippen LogP contribution >= 0.6 is 47.3 Å². The molecule has 1 atom stereocenters. The first-order valence-electron chi connectivity index (χ1n) is 8.27.